The normalized spacial score (nSPS) is 11.0. The summed E-state index contributed by atoms with van der Waals surface area (Å²) in [4.78, 5) is 12.8. The van der Waals surface area contributed by atoms with Gasteiger partial charge in [-0.15, -0.1) is 0 Å². The van der Waals surface area contributed by atoms with Crippen LogP contribution >= 0.6 is 11.6 Å². The maximum Gasteiger partial charge on any atom is 0.263 e. The van der Waals surface area contributed by atoms with Gasteiger partial charge in [-0.25, -0.2) is 9.37 Å². The highest BCUT2D eigenvalue weighted by molar-refractivity contribution is 6.30. The van der Waals surface area contributed by atoms with E-state index in [2.05, 4.69) is 25.4 Å². The quantitative estimate of drug-likeness (QED) is 0.558. The van der Waals surface area contributed by atoms with E-state index in [-0.39, 0.29) is 17.1 Å². The number of aromatic nitrogens is 4. The topological polar surface area (TPSA) is 76.7 Å². The Morgan fingerprint density at radius 3 is 2.73 bits per heavy atom. The molecule has 0 fully saturated rings. The van der Waals surface area contributed by atoms with E-state index in [0.717, 1.165) is 11.4 Å². The molecule has 0 atom stereocenters. The van der Waals surface area contributed by atoms with E-state index in [9.17, 15) is 4.39 Å². The fourth-order valence-corrected chi connectivity index (χ4v) is 2.78. The number of anilines is 2. The van der Waals surface area contributed by atoms with Crippen molar-refractivity contribution in [3.63, 3.8) is 0 Å². The minimum Gasteiger partial charge on any atom is -0.339 e. The highest BCUT2D eigenvalue weighted by atomic mass is 35.5. The third-order valence-electron chi connectivity index (χ3n) is 3.85. The van der Waals surface area contributed by atoms with E-state index in [1.165, 1.54) is 18.2 Å². The van der Waals surface area contributed by atoms with Crippen molar-refractivity contribution in [1.82, 2.24) is 20.1 Å². The Bertz CT molecular complexity index is 1080. The molecule has 1 N–H and O–H groups in total. The summed E-state index contributed by atoms with van der Waals surface area (Å²) in [6.07, 6.45) is 3.96. The molecule has 0 unspecified atom stereocenters. The molecule has 0 radical (unpaired) electrons. The predicted octanol–water partition coefficient (Wildman–Crippen LogP) is 4.78. The van der Waals surface area contributed by atoms with Crippen LogP contribution < -0.4 is 5.32 Å². The van der Waals surface area contributed by atoms with Crippen LogP contribution in [-0.4, -0.2) is 20.1 Å². The molecule has 1 aromatic carbocycles. The zero-order valence-corrected chi connectivity index (χ0v) is 14.5. The Balaban J connectivity index is 1.92. The molecule has 3 heterocycles. The standard InChI is InChI=1S/C18H13ClFN5O/c1-2-14-15-17(22-11-5-7-21-8-6-11)23-16(24-18(15)26-25-14)12-9-10(19)3-4-13(12)20/h3-9H,2H2,1H3,(H,21,22,23,24). The minimum absolute atomic E-state index is 0.160. The number of halogens is 2. The summed E-state index contributed by atoms with van der Waals surface area (Å²) in [5.41, 5.74) is 1.96. The molecule has 26 heavy (non-hydrogen) atoms. The lowest BCUT2D eigenvalue weighted by Gasteiger charge is -2.09. The summed E-state index contributed by atoms with van der Waals surface area (Å²) in [7, 11) is 0. The van der Waals surface area contributed by atoms with Crippen LogP contribution in [0.1, 0.15) is 12.6 Å². The van der Waals surface area contributed by atoms with Gasteiger partial charge in [0.05, 0.1) is 11.3 Å². The largest absolute Gasteiger partial charge is 0.339 e. The van der Waals surface area contributed by atoms with Crippen LogP contribution in [0.15, 0.2) is 47.2 Å². The number of fused-ring (bicyclic) bond motifs is 1. The van der Waals surface area contributed by atoms with E-state index in [4.69, 9.17) is 16.1 Å². The van der Waals surface area contributed by atoms with E-state index < -0.39 is 5.82 Å². The average Bonchev–Trinajstić information content (AvgIpc) is 3.08. The van der Waals surface area contributed by atoms with Gasteiger partial charge in [-0.1, -0.05) is 23.7 Å². The lowest BCUT2D eigenvalue weighted by molar-refractivity contribution is 0.440. The smallest absolute Gasteiger partial charge is 0.263 e. The molecule has 0 aliphatic carbocycles. The Hall–Kier alpha value is -3.06. The molecule has 4 aromatic rings. The van der Waals surface area contributed by atoms with Gasteiger partial charge < -0.3 is 9.84 Å². The molecule has 0 aliphatic heterocycles. The third-order valence-corrected chi connectivity index (χ3v) is 4.09. The number of nitrogens with zero attached hydrogens (tertiary/aromatic N) is 4. The summed E-state index contributed by atoms with van der Waals surface area (Å²) >= 11 is 6.00. The van der Waals surface area contributed by atoms with E-state index in [1.807, 2.05) is 6.92 Å². The molecule has 6 nitrogen and oxygen atoms in total. The van der Waals surface area contributed by atoms with Gasteiger partial charge in [0.15, 0.2) is 5.82 Å². The van der Waals surface area contributed by atoms with Gasteiger partial charge in [0.25, 0.3) is 5.71 Å². The van der Waals surface area contributed by atoms with Crippen molar-refractivity contribution >= 4 is 34.2 Å². The van der Waals surface area contributed by atoms with Crippen LogP contribution in [0, 0.1) is 5.82 Å². The highest BCUT2D eigenvalue weighted by Gasteiger charge is 2.19. The molecular formula is C18H13ClFN5O. The first-order valence-corrected chi connectivity index (χ1v) is 8.32. The fourth-order valence-electron chi connectivity index (χ4n) is 2.60. The van der Waals surface area contributed by atoms with Crippen LogP contribution in [0.25, 0.3) is 22.5 Å². The van der Waals surface area contributed by atoms with Crippen LogP contribution in [0.3, 0.4) is 0 Å². The van der Waals surface area contributed by atoms with Crippen LogP contribution in [0.4, 0.5) is 15.9 Å². The van der Waals surface area contributed by atoms with Gasteiger partial charge in [-0.05, 0) is 36.8 Å². The third kappa shape index (κ3) is 2.97. The number of benzene rings is 1. The van der Waals surface area contributed by atoms with Crippen molar-refractivity contribution in [2.45, 2.75) is 13.3 Å². The number of aryl methyl sites for hydroxylation is 1. The Morgan fingerprint density at radius 2 is 1.96 bits per heavy atom. The van der Waals surface area contributed by atoms with Crippen molar-refractivity contribution in [1.29, 1.82) is 0 Å². The summed E-state index contributed by atoms with van der Waals surface area (Å²) in [6, 6.07) is 7.82. The van der Waals surface area contributed by atoms with E-state index >= 15 is 0 Å². The molecule has 4 rings (SSSR count). The van der Waals surface area contributed by atoms with Crippen molar-refractivity contribution in [3.05, 3.63) is 59.3 Å². The SMILES string of the molecule is CCc1noc2nc(-c3cc(Cl)ccc3F)nc(Nc3ccncc3)c12. The molecule has 0 saturated heterocycles. The second-order valence-electron chi connectivity index (χ2n) is 5.54. The molecule has 3 aromatic heterocycles. The molecular weight excluding hydrogens is 357 g/mol. The molecule has 8 heteroatoms. The number of hydrogen-bond acceptors (Lipinski definition) is 6. The molecule has 0 saturated carbocycles. The van der Waals surface area contributed by atoms with Crippen molar-refractivity contribution in [2.75, 3.05) is 5.32 Å². The van der Waals surface area contributed by atoms with Crippen LogP contribution in [0.2, 0.25) is 5.02 Å². The van der Waals surface area contributed by atoms with Gasteiger partial charge in [0, 0.05) is 23.1 Å². The van der Waals surface area contributed by atoms with Crippen LogP contribution in [0.5, 0.6) is 0 Å². The summed E-state index contributed by atoms with van der Waals surface area (Å²) in [6.45, 7) is 1.96. The first-order valence-electron chi connectivity index (χ1n) is 7.94. The van der Waals surface area contributed by atoms with Crippen LogP contribution in [-0.2, 0) is 6.42 Å². The maximum atomic E-state index is 14.3. The number of pyridine rings is 1. The van der Waals surface area contributed by atoms with Gasteiger partial charge in [-0.3, -0.25) is 4.98 Å². The number of rotatable bonds is 4. The average molecular weight is 370 g/mol. The summed E-state index contributed by atoms with van der Waals surface area (Å²) < 4.78 is 19.6. The molecule has 130 valence electrons. The Labute approximate surface area is 153 Å². The first kappa shape index (κ1) is 16.4. The second kappa shape index (κ2) is 6.68. The van der Waals surface area contributed by atoms with Gasteiger partial charge in [-0.2, -0.15) is 4.98 Å². The molecule has 0 bridgehead atoms. The van der Waals surface area contributed by atoms with Crippen molar-refractivity contribution < 1.29 is 8.91 Å². The van der Waals surface area contributed by atoms with E-state index in [0.29, 0.717) is 22.6 Å². The second-order valence-corrected chi connectivity index (χ2v) is 5.98. The molecule has 0 spiro atoms. The minimum atomic E-state index is -0.473. The fraction of sp³-hybridized carbons (Fsp3) is 0.111. The molecule has 0 amide bonds. The van der Waals surface area contributed by atoms with Crippen molar-refractivity contribution in [3.8, 4) is 11.4 Å². The number of nitrogens with one attached hydrogen (secondary N) is 1. The molecule has 0 aliphatic rings. The van der Waals surface area contributed by atoms with Gasteiger partial charge in [0.2, 0.25) is 0 Å². The summed E-state index contributed by atoms with van der Waals surface area (Å²) in [5, 5.41) is 8.30. The highest BCUT2D eigenvalue weighted by Crippen LogP contribution is 2.31. The first-order chi connectivity index (χ1) is 12.7. The zero-order valence-electron chi connectivity index (χ0n) is 13.7. The maximum absolute atomic E-state index is 14.3. The number of hydrogen-bond donors (Lipinski definition) is 1. The Kier molecular flexibility index (Phi) is 4.22. The lowest BCUT2D eigenvalue weighted by Crippen LogP contribution is -2.00. The van der Waals surface area contributed by atoms with Gasteiger partial charge >= 0.3 is 0 Å². The Morgan fingerprint density at radius 1 is 1.15 bits per heavy atom. The van der Waals surface area contributed by atoms with Gasteiger partial charge in [0.1, 0.15) is 17.0 Å². The summed E-state index contributed by atoms with van der Waals surface area (Å²) in [5.74, 6) is 0.167. The van der Waals surface area contributed by atoms with E-state index in [1.54, 1.807) is 24.5 Å². The zero-order chi connectivity index (χ0) is 18.1. The monoisotopic (exact) mass is 369 g/mol. The predicted molar refractivity (Wildman–Crippen MR) is 96.9 cm³/mol. The van der Waals surface area contributed by atoms with Crippen molar-refractivity contribution in [2.24, 2.45) is 0 Å². The lowest BCUT2D eigenvalue weighted by atomic mass is 10.2.